The Hall–Kier alpha value is -2.68. The number of nitrogens with zero attached hydrogens (tertiary/aromatic N) is 3. The lowest BCUT2D eigenvalue weighted by atomic mass is 10.3. The van der Waals surface area contributed by atoms with E-state index in [0.717, 1.165) is 0 Å². The molecule has 3 aromatic rings. The molecule has 2 heterocycles. The molecule has 138 valence electrons. The van der Waals surface area contributed by atoms with Crippen molar-refractivity contribution < 1.29 is 18.7 Å². The number of para-hydroxylation sites is 1. The minimum absolute atomic E-state index is 0.0106. The van der Waals surface area contributed by atoms with Crippen LogP contribution in [0.25, 0.3) is 11.2 Å². The average Bonchev–Trinajstić information content (AvgIpc) is 2.98. The summed E-state index contributed by atoms with van der Waals surface area (Å²) in [4.78, 5) is 31.9. The lowest BCUT2D eigenvalue weighted by molar-refractivity contribution is 0.0794. The van der Waals surface area contributed by atoms with Gasteiger partial charge in [-0.15, -0.1) is 0 Å². The smallest absolute Gasteiger partial charge is 0.376 e. The van der Waals surface area contributed by atoms with Gasteiger partial charge < -0.3 is 19.9 Å². The lowest BCUT2D eigenvalue weighted by Crippen LogP contribution is -2.13. The number of fused-ring (bicyclic) bond motifs is 1. The maximum absolute atomic E-state index is 12.0. The summed E-state index contributed by atoms with van der Waals surface area (Å²) in [7, 11) is -3.74. The van der Waals surface area contributed by atoms with Crippen LogP contribution in [0, 0.1) is 0 Å². The lowest BCUT2D eigenvalue weighted by Gasteiger charge is -2.13. The standard InChI is InChI=1S/C15H18N5O5P/c16-15-18-13-12(14(21)19-15)17-9-20(13)10-24-7-4-8-26(22,23)25-11-5-2-1-3-6-11/h1-3,5-6,9H,4,7-8,10H2,(H,22,23)(H3,16,18,19,21). The molecule has 1 aromatic carbocycles. The fraction of sp³-hybridized carbons (Fsp3) is 0.267. The van der Waals surface area contributed by atoms with Gasteiger partial charge in [0.25, 0.3) is 5.56 Å². The molecule has 1 atom stereocenters. The molecule has 0 spiro atoms. The van der Waals surface area contributed by atoms with Crippen LogP contribution >= 0.6 is 7.60 Å². The minimum Gasteiger partial charge on any atom is -0.424 e. The molecule has 0 radical (unpaired) electrons. The molecule has 0 aliphatic carbocycles. The Morgan fingerprint density at radius 3 is 2.85 bits per heavy atom. The second kappa shape index (κ2) is 7.69. The van der Waals surface area contributed by atoms with Gasteiger partial charge in [-0.3, -0.25) is 14.3 Å². The van der Waals surface area contributed by atoms with Gasteiger partial charge >= 0.3 is 7.60 Å². The second-order valence-electron chi connectivity index (χ2n) is 5.49. The largest absolute Gasteiger partial charge is 0.424 e. The molecule has 0 aliphatic heterocycles. The zero-order valence-corrected chi connectivity index (χ0v) is 14.6. The summed E-state index contributed by atoms with van der Waals surface area (Å²) in [6.45, 7) is 0.308. The van der Waals surface area contributed by atoms with E-state index in [1.54, 1.807) is 30.3 Å². The number of aromatic nitrogens is 4. The molecular weight excluding hydrogens is 361 g/mol. The number of H-pyrrole nitrogens is 1. The first-order valence-electron chi connectivity index (χ1n) is 7.79. The van der Waals surface area contributed by atoms with Gasteiger partial charge in [-0.2, -0.15) is 4.98 Å². The highest BCUT2D eigenvalue weighted by molar-refractivity contribution is 7.53. The van der Waals surface area contributed by atoms with Crippen LogP contribution in [0.2, 0.25) is 0 Å². The normalized spacial score (nSPS) is 13.6. The second-order valence-corrected chi connectivity index (χ2v) is 7.40. The predicted octanol–water partition coefficient (Wildman–Crippen LogP) is 1.33. The van der Waals surface area contributed by atoms with E-state index in [1.165, 1.54) is 10.9 Å². The van der Waals surface area contributed by atoms with Gasteiger partial charge in [0, 0.05) is 6.61 Å². The highest BCUT2D eigenvalue weighted by atomic mass is 31.2. The predicted molar refractivity (Wildman–Crippen MR) is 94.9 cm³/mol. The zero-order chi connectivity index (χ0) is 18.6. The van der Waals surface area contributed by atoms with Crippen molar-refractivity contribution in [3.63, 3.8) is 0 Å². The van der Waals surface area contributed by atoms with Crippen molar-refractivity contribution in [2.45, 2.75) is 13.2 Å². The number of imidazole rings is 1. The number of nitrogens with two attached hydrogens (primary N) is 1. The average molecular weight is 379 g/mol. The third-order valence-electron chi connectivity index (χ3n) is 3.44. The Balaban J connectivity index is 1.49. The Bertz CT molecular complexity index is 987. The van der Waals surface area contributed by atoms with Crippen LogP contribution < -0.4 is 15.8 Å². The number of nitrogens with one attached hydrogen (secondary N) is 1. The molecule has 4 N–H and O–H groups in total. The molecule has 2 aromatic heterocycles. The summed E-state index contributed by atoms with van der Waals surface area (Å²) in [6.07, 6.45) is 1.70. The van der Waals surface area contributed by atoms with Crippen LogP contribution in [-0.2, 0) is 16.0 Å². The third-order valence-corrected chi connectivity index (χ3v) is 4.82. The number of aromatic amines is 1. The molecule has 0 saturated heterocycles. The molecule has 0 amide bonds. The van der Waals surface area contributed by atoms with E-state index >= 15 is 0 Å². The SMILES string of the molecule is Nc1nc2c(ncn2COCCCP(=O)(O)Oc2ccccc2)c(=O)[nH]1. The Morgan fingerprint density at radius 1 is 1.31 bits per heavy atom. The van der Waals surface area contributed by atoms with E-state index in [-0.39, 0.29) is 31.0 Å². The number of nitrogen functional groups attached to an aromatic ring is 1. The number of anilines is 1. The first-order valence-corrected chi connectivity index (χ1v) is 9.56. The summed E-state index contributed by atoms with van der Waals surface area (Å²) in [5, 5.41) is 0. The van der Waals surface area contributed by atoms with Crippen molar-refractivity contribution in [3.05, 3.63) is 47.0 Å². The van der Waals surface area contributed by atoms with Crippen LogP contribution in [0.1, 0.15) is 6.42 Å². The van der Waals surface area contributed by atoms with Crippen molar-refractivity contribution in [2.24, 2.45) is 0 Å². The topological polar surface area (TPSA) is 145 Å². The van der Waals surface area contributed by atoms with Gasteiger partial charge in [-0.1, -0.05) is 18.2 Å². The highest BCUT2D eigenvalue weighted by Crippen LogP contribution is 2.42. The molecule has 1 unspecified atom stereocenters. The molecule has 0 aliphatic rings. The summed E-state index contributed by atoms with van der Waals surface area (Å²) in [5.74, 6) is 0.335. The van der Waals surface area contributed by atoms with E-state index < -0.39 is 13.2 Å². The molecule has 10 nitrogen and oxygen atoms in total. The maximum atomic E-state index is 12.0. The van der Waals surface area contributed by atoms with Gasteiger partial charge in [0.1, 0.15) is 12.5 Å². The van der Waals surface area contributed by atoms with E-state index in [1.807, 2.05) is 0 Å². The molecule has 0 bridgehead atoms. The van der Waals surface area contributed by atoms with E-state index in [2.05, 4.69) is 15.0 Å². The summed E-state index contributed by atoms with van der Waals surface area (Å²) < 4.78 is 24.1. The van der Waals surface area contributed by atoms with Crippen molar-refractivity contribution in [1.82, 2.24) is 19.5 Å². The molecule has 26 heavy (non-hydrogen) atoms. The van der Waals surface area contributed by atoms with E-state index in [0.29, 0.717) is 17.8 Å². The van der Waals surface area contributed by atoms with Crippen LogP contribution in [0.15, 0.2) is 41.5 Å². The fourth-order valence-corrected chi connectivity index (χ4v) is 3.36. The maximum Gasteiger partial charge on any atom is 0.376 e. The van der Waals surface area contributed by atoms with E-state index in [4.69, 9.17) is 15.0 Å². The number of ether oxygens (including phenoxy) is 1. The van der Waals surface area contributed by atoms with Crippen molar-refractivity contribution >= 4 is 24.7 Å². The molecule has 11 heteroatoms. The minimum atomic E-state index is -3.74. The van der Waals surface area contributed by atoms with Gasteiger partial charge in [0.15, 0.2) is 11.2 Å². The van der Waals surface area contributed by atoms with Crippen LogP contribution in [0.4, 0.5) is 5.95 Å². The Labute approximate surface area is 148 Å². The first kappa shape index (κ1) is 18.1. The van der Waals surface area contributed by atoms with E-state index in [9.17, 15) is 14.3 Å². The number of benzene rings is 1. The van der Waals surface area contributed by atoms with Crippen molar-refractivity contribution in [3.8, 4) is 5.75 Å². The zero-order valence-electron chi connectivity index (χ0n) is 13.7. The van der Waals surface area contributed by atoms with Crippen LogP contribution in [0.5, 0.6) is 5.75 Å². The highest BCUT2D eigenvalue weighted by Gasteiger charge is 2.20. The van der Waals surface area contributed by atoms with Gasteiger partial charge in [0.2, 0.25) is 5.95 Å². The van der Waals surface area contributed by atoms with Crippen LogP contribution in [-0.4, -0.2) is 37.2 Å². The first-order chi connectivity index (χ1) is 12.4. The number of hydrogen-bond donors (Lipinski definition) is 3. The number of rotatable bonds is 8. The Morgan fingerprint density at radius 2 is 2.08 bits per heavy atom. The molecule has 0 fully saturated rings. The fourth-order valence-electron chi connectivity index (χ4n) is 2.29. The van der Waals surface area contributed by atoms with Gasteiger partial charge in [-0.25, -0.2) is 9.55 Å². The van der Waals surface area contributed by atoms with Gasteiger partial charge in [-0.05, 0) is 18.6 Å². The monoisotopic (exact) mass is 379 g/mol. The van der Waals surface area contributed by atoms with Crippen LogP contribution in [0.3, 0.4) is 0 Å². The van der Waals surface area contributed by atoms with Gasteiger partial charge in [0.05, 0.1) is 12.5 Å². The van der Waals surface area contributed by atoms with Crippen molar-refractivity contribution in [1.29, 1.82) is 0 Å². The number of hydrogen-bond acceptors (Lipinski definition) is 7. The Kier molecular flexibility index (Phi) is 5.36. The van der Waals surface area contributed by atoms with Crippen molar-refractivity contribution in [2.75, 3.05) is 18.5 Å². The summed E-state index contributed by atoms with van der Waals surface area (Å²) >= 11 is 0. The quantitative estimate of drug-likeness (QED) is 0.392. The molecule has 3 rings (SSSR count). The third kappa shape index (κ3) is 4.48. The molecule has 0 saturated carbocycles. The molecular formula is C15H18N5O5P. The summed E-state index contributed by atoms with van der Waals surface area (Å²) in [6, 6.07) is 8.46. The summed E-state index contributed by atoms with van der Waals surface area (Å²) in [5.41, 5.74) is 5.57.